The molecule has 0 spiro atoms. The molecule has 2 aromatic heterocycles. The number of aryl methyl sites for hydroxylation is 1. The largest absolute Gasteiger partial charge is 0.487 e. The molecule has 1 saturated heterocycles. The number of carbonyl (C=O) groups excluding carboxylic acids is 1. The van der Waals surface area contributed by atoms with E-state index in [-0.39, 0.29) is 18.8 Å². The normalized spacial score (nSPS) is 18.9. The molecule has 8 nitrogen and oxygen atoms in total. The Morgan fingerprint density at radius 3 is 3.03 bits per heavy atom. The first-order chi connectivity index (χ1) is 14.0. The first kappa shape index (κ1) is 19.5. The molecule has 1 aliphatic rings. The fourth-order valence-corrected chi connectivity index (χ4v) is 4.42. The maximum Gasteiger partial charge on any atom is 0.259 e. The fourth-order valence-electron chi connectivity index (χ4n) is 3.42. The van der Waals surface area contributed by atoms with Gasteiger partial charge in [-0.1, -0.05) is 0 Å². The van der Waals surface area contributed by atoms with Crippen molar-refractivity contribution < 1.29 is 19.0 Å². The summed E-state index contributed by atoms with van der Waals surface area (Å²) in [4.78, 5) is 21.2. The molecule has 1 amide bonds. The van der Waals surface area contributed by atoms with Crippen molar-refractivity contribution in [1.82, 2.24) is 15.3 Å². The molecule has 152 valence electrons. The molecule has 3 aromatic rings. The summed E-state index contributed by atoms with van der Waals surface area (Å²) in [6.07, 6.45) is 1.82. The molecule has 0 radical (unpaired) electrons. The van der Waals surface area contributed by atoms with Crippen molar-refractivity contribution in [2.45, 2.75) is 25.5 Å². The minimum atomic E-state index is -0.519. The highest BCUT2D eigenvalue weighted by atomic mass is 32.1. The van der Waals surface area contributed by atoms with E-state index in [1.807, 2.05) is 0 Å². The van der Waals surface area contributed by atoms with E-state index in [1.165, 1.54) is 29.8 Å². The summed E-state index contributed by atoms with van der Waals surface area (Å²) in [5, 5.41) is 16.3. The zero-order chi connectivity index (χ0) is 20.5. The van der Waals surface area contributed by atoms with Gasteiger partial charge in [0, 0.05) is 25.1 Å². The van der Waals surface area contributed by atoms with Crippen LogP contribution in [0.1, 0.15) is 21.7 Å². The minimum absolute atomic E-state index is 0.0205. The topological polar surface area (TPSA) is 122 Å². The molecule has 4 rings (SSSR count). The smallest absolute Gasteiger partial charge is 0.259 e. The molecule has 3 heterocycles. The van der Waals surface area contributed by atoms with Crippen LogP contribution >= 0.6 is 11.3 Å². The number of aliphatic hydroxyl groups excluding tert-OH is 1. The van der Waals surface area contributed by atoms with Gasteiger partial charge in [0.25, 0.3) is 5.91 Å². The van der Waals surface area contributed by atoms with Gasteiger partial charge in [-0.15, -0.1) is 11.3 Å². The molecule has 0 unspecified atom stereocenters. The lowest BCUT2D eigenvalue weighted by Crippen LogP contribution is -2.25. The average Bonchev–Trinajstić information content (AvgIpc) is 3.29. The lowest BCUT2D eigenvalue weighted by atomic mass is 10.2. The Balaban J connectivity index is 1.67. The lowest BCUT2D eigenvalue weighted by molar-refractivity contribution is 0.100. The van der Waals surface area contributed by atoms with Crippen molar-refractivity contribution >= 4 is 39.0 Å². The number of halogens is 1. The lowest BCUT2D eigenvalue weighted by Gasteiger charge is -2.17. The van der Waals surface area contributed by atoms with Crippen molar-refractivity contribution in [3.8, 4) is 5.75 Å². The Bertz CT molecular complexity index is 1070. The molecule has 0 saturated carbocycles. The van der Waals surface area contributed by atoms with Gasteiger partial charge in [0.1, 0.15) is 34.6 Å². The van der Waals surface area contributed by atoms with Crippen molar-refractivity contribution in [3.05, 3.63) is 40.8 Å². The summed E-state index contributed by atoms with van der Waals surface area (Å²) in [5.41, 5.74) is 6.68. The molecule has 0 bridgehead atoms. The van der Waals surface area contributed by atoms with Gasteiger partial charge in [-0.25, -0.2) is 14.4 Å². The monoisotopic (exact) mass is 417 g/mol. The van der Waals surface area contributed by atoms with E-state index in [0.717, 1.165) is 0 Å². The van der Waals surface area contributed by atoms with Gasteiger partial charge >= 0.3 is 0 Å². The summed E-state index contributed by atoms with van der Waals surface area (Å²) in [7, 11) is 0. The molecule has 29 heavy (non-hydrogen) atoms. The van der Waals surface area contributed by atoms with Gasteiger partial charge in [-0.3, -0.25) is 4.79 Å². The van der Waals surface area contributed by atoms with E-state index in [1.54, 1.807) is 13.0 Å². The van der Waals surface area contributed by atoms with Gasteiger partial charge in [0.2, 0.25) is 0 Å². The van der Waals surface area contributed by atoms with Gasteiger partial charge in [-0.05, 0) is 24.6 Å². The molecule has 10 heteroatoms. The van der Waals surface area contributed by atoms with Crippen molar-refractivity contribution in [1.29, 1.82) is 0 Å². The zero-order valence-electron chi connectivity index (χ0n) is 15.6. The highest BCUT2D eigenvalue weighted by Gasteiger charge is 2.26. The Morgan fingerprint density at radius 1 is 1.48 bits per heavy atom. The van der Waals surface area contributed by atoms with Crippen LogP contribution in [0.4, 0.5) is 15.9 Å². The van der Waals surface area contributed by atoms with Gasteiger partial charge in [0.05, 0.1) is 22.6 Å². The third kappa shape index (κ3) is 3.86. The number of aromatic nitrogens is 2. The predicted molar refractivity (Wildman–Crippen MR) is 108 cm³/mol. The molecule has 0 aliphatic carbocycles. The Labute approximate surface area is 169 Å². The minimum Gasteiger partial charge on any atom is -0.487 e. The number of fused-ring (bicyclic) bond motifs is 1. The average molecular weight is 417 g/mol. The number of rotatable bonds is 6. The number of thiophene rings is 1. The van der Waals surface area contributed by atoms with Gasteiger partial charge in [0.15, 0.2) is 0 Å². The first-order valence-electron chi connectivity index (χ1n) is 9.07. The maximum absolute atomic E-state index is 13.9. The van der Waals surface area contributed by atoms with Crippen molar-refractivity contribution in [2.75, 3.05) is 18.5 Å². The summed E-state index contributed by atoms with van der Waals surface area (Å²) in [6.45, 7) is 2.37. The fraction of sp³-hybridized carbons (Fsp3) is 0.316. The second kappa shape index (κ2) is 7.90. The standard InChI is InChI=1S/C19H20FN5O3S/c1-9-15-18(23-8-24-19(15)29-16(9)17(21)27)25-13-3-2-10(20)4-14(13)28-12-5-11(7-26)22-6-12/h2-4,8,11-12,22,26H,5-7H2,1H3,(H2,21,27)(H,23,24,25)/t11-,12-/m0/s1. The number of ether oxygens (including phenoxy) is 1. The number of benzene rings is 1. The first-order valence-corrected chi connectivity index (χ1v) is 9.89. The summed E-state index contributed by atoms with van der Waals surface area (Å²) >= 11 is 1.20. The highest BCUT2D eigenvalue weighted by Crippen LogP contribution is 2.36. The van der Waals surface area contributed by atoms with E-state index in [0.29, 0.717) is 50.9 Å². The quantitative estimate of drug-likeness (QED) is 0.484. The Morgan fingerprint density at radius 2 is 2.31 bits per heavy atom. The number of primary amides is 1. The van der Waals surface area contributed by atoms with E-state index < -0.39 is 11.7 Å². The van der Waals surface area contributed by atoms with Crippen LogP contribution in [0.3, 0.4) is 0 Å². The number of nitrogens with one attached hydrogen (secondary N) is 2. The number of nitrogens with zero attached hydrogens (tertiary/aromatic N) is 2. The van der Waals surface area contributed by atoms with Crippen LogP contribution in [0, 0.1) is 12.7 Å². The van der Waals surface area contributed by atoms with E-state index >= 15 is 0 Å². The second-order valence-electron chi connectivity index (χ2n) is 6.85. The molecular formula is C19H20FN5O3S. The molecule has 1 fully saturated rings. The van der Waals surface area contributed by atoms with Crippen LogP contribution in [0.2, 0.25) is 0 Å². The number of anilines is 2. The number of nitrogens with two attached hydrogens (primary N) is 1. The number of hydrogen-bond donors (Lipinski definition) is 4. The molecular weight excluding hydrogens is 397 g/mol. The molecule has 2 atom stereocenters. The van der Waals surface area contributed by atoms with Gasteiger partial charge in [-0.2, -0.15) is 0 Å². The second-order valence-corrected chi connectivity index (χ2v) is 7.85. The third-order valence-electron chi connectivity index (χ3n) is 4.84. The SMILES string of the molecule is Cc1c(C(N)=O)sc2ncnc(Nc3ccc(F)cc3O[C@@H]3CN[C@H](CO)C3)c12. The molecule has 1 aromatic carbocycles. The van der Waals surface area contributed by atoms with Crippen LogP contribution in [-0.2, 0) is 0 Å². The number of carbonyl (C=O) groups is 1. The maximum atomic E-state index is 13.9. The number of amides is 1. The van der Waals surface area contributed by atoms with Gasteiger partial charge < -0.3 is 26.2 Å². The van der Waals surface area contributed by atoms with Crippen molar-refractivity contribution in [3.63, 3.8) is 0 Å². The van der Waals surface area contributed by atoms with Crippen LogP contribution in [0.5, 0.6) is 5.75 Å². The van der Waals surface area contributed by atoms with Crippen LogP contribution in [0.25, 0.3) is 10.2 Å². The Hall–Kier alpha value is -2.82. The van der Waals surface area contributed by atoms with E-state index in [9.17, 15) is 14.3 Å². The molecule has 5 N–H and O–H groups in total. The van der Waals surface area contributed by atoms with Crippen LogP contribution in [-0.4, -0.2) is 46.3 Å². The number of aliphatic hydroxyl groups is 1. The zero-order valence-corrected chi connectivity index (χ0v) is 16.4. The van der Waals surface area contributed by atoms with E-state index in [4.69, 9.17) is 10.5 Å². The van der Waals surface area contributed by atoms with Crippen LogP contribution < -0.4 is 21.1 Å². The number of hydrogen-bond acceptors (Lipinski definition) is 8. The highest BCUT2D eigenvalue weighted by molar-refractivity contribution is 7.20. The third-order valence-corrected chi connectivity index (χ3v) is 6.06. The summed E-state index contributed by atoms with van der Waals surface area (Å²) < 4.78 is 19.9. The van der Waals surface area contributed by atoms with E-state index in [2.05, 4.69) is 20.6 Å². The Kier molecular flexibility index (Phi) is 5.31. The van der Waals surface area contributed by atoms with Crippen LogP contribution in [0.15, 0.2) is 24.5 Å². The summed E-state index contributed by atoms with van der Waals surface area (Å²) in [5.74, 6) is -0.129. The molecule has 1 aliphatic heterocycles. The van der Waals surface area contributed by atoms with Crippen molar-refractivity contribution in [2.24, 2.45) is 5.73 Å². The predicted octanol–water partition coefficient (Wildman–Crippen LogP) is 2.08. The summed E-state index contributed by atoms with van der Waals surface area (Å²) in [6, 6.07) is 4.17.